The van der Waals surface area contributed by atoms with Crippen LogP contribution >= 0.6 is 11.8 Å². The maximum Gasteiger partial charge on any atom is 0.326 e. The van der Waals surface area contributed by atoms with E-state index in [1.54, 1.807) is 16.7 Å². The first-order valence-corrected chi connectivity index (χ1v) is 7.04. The molecular formula is C11H20N2O4S. The highest BCUT2D eigenvalue weighted by Crippen LogP contribution is 2.24. The van der Waals surface area contributed by atoms with E-state index in [4.69, 9.17) is 10.2 Å². The molecule has 0 aromatic heterocycles. The molecule has 1 aliphatic heterocycles. The SMILES string of the molecule is CC1SCCN(C(=O)N[C@H](CCO)C(=O)O)C1C. The Bertz CT molecular complexity index is 313. The molecule has 0 bridgehead atoms. The summed E-state index contributed by atoms with van der Waals surface area (Å²) in [5.41, 5.74) is 0. The maximum atomic E-state index is 12.0. The van der Waals surface area contributed by atoms with Gasteiger partial charge in [0.2, 0.25) is 0 Å². The lowest BCUT2D eigenvalue weighted by atomic mass is 10.2. The number of hydrogen-bond acceptors (Lipinski definition) is 4. The fraction of sp³-hybridized carbons (Fsp3) is 0.818. The van der Waals surface area contributed by atoms with Crippen molar-refractivity contribution in [3.05, 3.63) is 0 Å². The van der Waals surface area contributed by atoms with Gasteiger partial charge in [-0.3, -0.25) is 0 Å². The first-order valence-electron chi connectivity index (χ1n) is 5.99. The molecule has 0 radical (unpaired) electrons. The van der Waals surface area contributed by atoms with Gasteiger partial charge in [0, 0.05) is 36.6 Å². The number of aliphatic hydroxyl groups excluding tert-OH is 1. The Hall–Kier alpha value is -0.950. The Balaban J connectivity index is 2.60. The average molecular weight is 276 g/mol. The summed E-state index contributed by atoms with van der Waals surface area (Å²) in [7, 11) is 0. The first kappa shape index (κ1) is 15.1. The Kier molecular flexibility index (Phi) is 5.74. The number of nitrogens with zero attached hydrogens (tertiary/aromatic N) is 1. The highest BCUT2D eigenvalue weighted by Gasteiger charge is 2.31. The van der Waals surface area contributed by atoms with Crippen LogP contribution in [0, 0.1) is 0 Å². The molecule has 104 valence electrons. The molecule has 18 heavy (non-hydrogen) atoms. The molecule has 1 aliphatic rings. The quantitative estimate of drug-likeness (QED) is 0.689. The van der Waals surface area contributed by atoms with Crippen molar-refractivity contribution in [2.45, 2.75) is 37.6 Å². The van der Waals surface area contributed by atoms with Gasteiger partial charge >= 0.3 is 12.0 Å². The normalized spacial score (nSPS) is 25.6. The molecule has 0 spiro atoms. The third kappa shape index (κ3) is 3.78. The first-order chi connectivity index (χ1) is 8.47. The molecule has 1 fully saturated rings. The van der Waals surface area contributed by atoms with Gasteiger partial charge in [0.1, 0.15) is 6.04 Å². The van der Waals surface area contributed by atoms with E-state index in [1.807, 2.05) is 6.92 Å². The Morgan fingerprint density at radius 3 is 2.72 bits per heavy atom. The van der Waals surface area contributed by atoms with Crippen LogP contribution in [0.1, 0.15) is 20.3 Å². The predicted octanol–water partition coefficient (Wildman–Crippen LogP) is 0.357. The third-order valence-electron chi connectivity index (χ3n) is 3.16. The van der Waals surface area contributed by atoms with Gasteiger partial charge in [0.15, 0.2) is 0 Å². The number of carbonyl (C=O) groups excluding carboxylic acids is 1. The summed E-state index contributed by atoms with van der Waals surface area (Å²) in [5.74, 6) is -0.263. The molecule has 3 atom stereocenters. The van der Waals surface area contributed by atoms with Crippen molar-refractivity contribution >= 4 is 23.8 Å². The fourth-order valence-corrected chi connectivity index (χ4v) is 2.94. The minimum Gasteiger partial charge on any atom is -0.480 e. The summed E-state index contributed by atoms with van der Waals surface area (Å²) >= 11 is 1.80. The second kappa shape index (κ2) is 6.84. The molecule has 0 aromatic rings. The number of amides is 2. The minimum atomic E-state index is -1.12. The Morgan fingerprint density at radius 2 is 2.17 bits per heavy atom. The maximum absolute atomic E-state index is 12.0. The van der Waals surface area contributed by atoms with E-state index >= 15 is 0 Å². The second-order valence-electron chi connectivity index (χ2n) is 4.36. The molecule has 2 unspecified atom stereocenters. The summed E-state index contributed by atoms with van der Waals surface area (Å²) in [4.78, 5) is 24.6. The number of carbonyl (C=O) groups is 2. The zero-order valence-electron chi connectivity index (χ0n) is 10.6. The number of nitrogens with one attached hydrogen (secondary N) is 1. The second-order valence-corrected chi connectivity index (χ2v) is 5.85. The largest absolute Gasteiger partial charge is 0.480 e. The highest BCUT2D eigenvalue weighted by molar-refractivity contribution is 8.00. The van der Waals surface area contributed by atoms with E-state index in [0.29, 0.717) is 11.8 Å². The number of rotatable bonds is 4. The summed E-state index contributed by atoms with van der Waals surface area (Å²) in [6, 6.07) is -1.32. The van der Waals surface area contributed by atoms with Crippen molar-refractivity contribution in [2.24, 2.45) is 0 Å². The highest BCUT2D eigenvalue weighted by atomic mass is 32.2. The monoisotopic (exact) mass is 276 g/mol. The lowest BCUT2D eigenvalue weighted by Gasteiger charge is -2.37. The number of carboxylic acids is 1. The van der Waals surface area contributed by atoms with E-state index in [2.05, 4.69) is 12.2 Å². The standard InChI is InChI=1S/C11H20N2O4S/c1-7-8(2)18-6-4-13(7)11(17)12-9(3-5-14)10(15)16/h7-9,14H,3-6H2,1-2H3,(H,12,17)(H,15,16)/t7?,8?,9-/m1/s1. The van der Waals surface area contributed by atoms with E-state index in [1.165, 1.54) is 0 Å². The van der Waals surface area contributed by atoms with Crippen molar-refractivity contribution < 1.29 is 19.8 Å². The van der Waals surface area contributed by atoms with Gasteiger partial charge in [-0.25, -0.2) is 9.59 Å². The molecule has 0 aromatic carbocycles. The van der Waals surface area contributed by atoms with E-state index in [9.17, 15) is 9.59 Å². The van der Waals surface area contributed by atoms with Crippen LogP contribution in [0.4, 0.5) is 4.79 Å². The van der Waals surface area contributed by atoms with E-state index in [0.717, 1.165) is 5.75 Å². The molecule has 1 rings (SSSR count). The van der Waals surface area contributed by atoms with E-state index in [-0.39, 0.29) is 25.1 Å². The lowest BCUT2D eigenvalue weighted by Crippen LogP contribution is -2.55. The van der Waals surface area contributed by atoms with Crippen molar-refractivity contribution in [1.82, 2.24) is 10.2 Å². The Labute approximate surface area is 111 Å². The number of urea groups is 1. The number of hydrogen-bond donors (Lipinski definition) is 3. The van der Waals surface area contributed by atoms with Gasteiger partial charge in [-0.2, -0.15) is 11.8 Å². The summed E-state index contributed by atoms with van der Waals surface area (Å²) in [6.45, 7) is 4.36. The van der Waals surface area contributed by atoms with Crippen molar-refractivity contribution in [1.29, 1.82) is 0 Å². The van der Waals surface area contributed by atoms with Crippen molar-refractivity contribution in [3.63, 3.8) is 0 Å². The van der Waals surface area contributed by atoms with Crippen LogP contribution in [-0.2, 0) is 4.79 Å². The van der Waals surface area contributed by atoms with Gasteiger partial charge < -0.3 is 20.4 Å². The molecule has 0 saturated carbocycles. The van der Waals surface area contributed by atoms with Crippen molar-refractivity contribution in [3.8, 4) is 0 Å². The molecular weight excluding hydrogens is 256 g/mol. The van der Waals surface area contributed by atoms with Crippen LogP contribution in [0.3, 0.4) is 0 Å². The van der Waals surface area contributed by atoms with Gasteiger partial charge in [0.05, 0.1) is 0 Å². The summed E-state index contributed by atoms with van der Waals surface area (Å²) in [6.07, 6.45) is 0.0214. The van der Waals surface area contributed by atoms with Crippen LogP contribution in [0.15, 0.2) is 0 Å². The van der Waals surface area contributed by atoms with Gasteiger partial charge in [-0.1, -0.05) is 6.92 Å². The molecule has 3 N–H and O–H groups in total. The number of thioether (sulfide) groups is 1. The van der Waals surface area contributed by atoms with Gasteiger partial charge in [-0.05, 0) is 6.92 Å². The van der Waals surface area contributed by atoms with E-state index < -0.39 is 12.0 Å². The molecule has 1 heterocycles. The third-order valence-corrected chi connectivity index (χ3v) is 4.50. The van der Waals surface area contributed by atoms with Gasteiger partial charge in [0.25, 0.3) is 0 Å². The molecule has 6 nitrogen and oxygen atoms in total. The molecule has 0 aliphatic carbocycles. The van der Waals surface area contributed by atoms with Crippen LogP contribution < -0.4 is 5.32 Å². The zero-order chi connectivity index (χ0) is 13.7. The molecule has 1 saturated heterocycles. The fourth-order valence-electron chi connectivity index (χ4n) is 1.84. The smallest absolute Gasteiger partial charge is 0.326 e. The summed E-state index contributed by atoms with van der Waals surface area (Å²) < 4.78 is 0. The lowest BCUT2D eigenvalue weighted by molar-refractivity contribution is -0.139. The topological polar surface area (TPSA) is 89.9 Å². The molecule has 2 amide bonds. The van der Waals surface area contributed by atoms with Crippen LogP contribution in [0.5, 0.6) is 0 Å². The van der Waals surface area contributed by atoms with Crippen molar-refractivity contribution in [2.75, 3.05) is 18.9 Å². The van der Waals surface area contributed by atoms with Crippen LogP contribution in [-0.4, -0.2) is 63.4 Å². The number of aliphatic carboxylic acids is 1. The van der Waals surface area contributed by atoms with Gasteiger partial charge in [-0.15, -0.1) is 0 Å². The number of carboxylic acid groups (broad SMARTS) is 1. The summed E-state index contributed by atoms with van der Waals surface area (Å²) in [5, 5.41) is 20.5. The predicted molar refractivity (Wildman–Crippen MR) is 69.7 cm³/mol. The van der Waals surface area contributed by atoms with Crippen LogP contribution in [0.25, 0.3) is 0 Å². The zero-order valence-corrected chi connectivity index (χ0v) is 11.4. The number of aliphatic hydroxyl groups is 1. The van der Waals surface area contributed by atoms with Crippen LogP contribution in [0.2, 0.25) is 0 Å². The average Bonchev–Trinajstić information content (AvgIpc) is 2.31. The minimum absolute atomic E-state index is 0.0214. The molecule has 7 heteroatoms. The Morgan fingerprint density at radius 1 is 1.50 bits per heavy atom.